The predicted octanol–water partition coefficient (Wildman–Crippen LogP) is 1.93. The van der Waals surface area contributed by atoms with E-state index in [-0.39, 0.29) is 33.6 Å². The second-order valence-corrected chi connectivity index (χ2v) is 4.96. The molecule has 0 saturated carbocycles. The zero-order chi connectivity index (χ0) is 15.3. The topological polar surface area (TPSA) is 94.8 Å². The van der Waals surface area contributed by atoms with Gasteiger partial charge in [0.2, 0.25) is 5.78 Å². The Kier molecular flexibility index (Phi) is 2.81. The zero-order valence-corrected chi connectivity index (χ0v) is 11.1. The maximum absolute atomic E-state index is 12.5. The molecular formula is C16H12O5. The molecule has 0 radical (unpaired) electrons. The van der Waals surface area contributed by atoms with Crippen molar-refractivity contribution in [2.24, 2.45) is 0 Å². The largest absolute Gasteiger partial charge is 0.507 e. The van der Waals surface area contributed by atoms with Crippen molar-refractivity contribution in [3.8, 4) is 11.5 Å². The second-order valence-electron chi connectivity index (χ2n) is 4.96. The molecule has 0 spiro atoms. The van der Waals surface area contributed by atoms with E-state index in [0.717, 1.165) is 0 Å². The van der Waals surface area contributed by atoms with Crippen molar-refractivity contribution in [3.05, 3.63) is 58.1 Å². The summed E-state index contributed by atoms with van der Waals surface area (Å²) in [7, 11) is 0. The Labute approximate surface area is 120 Å². The summed E-state index contributed by atoms with van der Waals surface area (Å²) < 4.78 is 0. The molecule has 5 nitrogen and oxygen atoms in total. The summed E-state index contributed by atoms with van der Waals surface area (Å²) in [6.45, 7) is 1.45. The fraction of sp³-hybridized carbons (Fsp3) is 0.125. The predicted molar refractivity (Wildman–Crippen MR) is 73.7 cm³/mol. The lowest BCUT2D eigenvalue weighted by molar-refractivity contribution is 0.0973. The Morgan fingerprint density at radius 1 is 0.905 bits per heavy atom. The molecule has 106 valence electrons. The molecule has 0 fully saturated rings. The number of carbonyl (C=O) groups is 2. The number of benzene rings is 2. The first-order valence-electron chi connectivity index (χ1n) is 6.38. The van der Waals surface area contributed by atoms with E-state index in [1.54, 1.807) is 0 Å². The van der Waals surface area contributed by atoms with Crippen LogP contribution in [0.5, 0.6) is 11.5 Å². The lowest BCUT2D eigenvalue weighted by atomic mass is 9.82. The number of aliphatic hydroxyl groups is 1. The van der Waals surface area contributed by atoms with Gasteiger partial charge in [0.25, 0.3) is 0 Å². The number of phenolic OH excluding ortho intramolecular Hbond substituents is 2. The van der Waals surface area contributed by atoms with Crippen LogP contribution in [0.1, 0.15) is 50.4 Å². The van der Waals surface area contributed by atoms with E-state index in [4.69, 9.17) is 0 Å². The minimum Gasteiger partial charge on any atom is -0.507 e. The highest BCUT2D eigenvalue weighted by Crippen LogP contribution is 2.39. The number of carbonyl (C=O) groups excluding carboxylic acids is 2. The van der Waals surface area contributed by atoms with E-state index in [0.29, 0.717) is 0 Å². The molecule has 1 atom stereocenters. The summed E-state index contributed by atoms with van der Waals surface area (Å²) in [6, 6.07) is 7.07. The van der Waals surface area contributed by atoms with Crippen LogP contribution in [-0.2, 0) is 0 Å². The van der Waals surface area contributed by atoms with Gasteiger partial charge in [-0.05, 0) is 19.1 Å². The average Bonchev–Trinajstić information content (AvgIpc) is 2.43. The average molecular weight is 284 g/mol. The molecule has 21 heavy (non-hydrogen) atoms. The van der Waals surface area contributed by atoms with Gasteiger partial charge in [-0.2, -0.15) is 0 Å². The van der Waals surface area contributed by atoms with E-state index in [2.05, 4.69) is 0 Å². The van der Waals surface area contributed by atoms with Crippen molar-refractivity contribution in [1.29, 1.82) is 0 Å². The number of ketones is 2. The van der Waals surface area contributed by atoms with E-state index in [9.17, 15) is 24.9 Å². The van der Waals surface area contributed by atoms with Crippen LogP contribution in [0, 0.1) is 0 Å². The van der Waals surface area contributed by atoms with Gasteiger partial charge in [0.1, 0.15) is 11.5 Å². The summed E-state index contributed by atoms with van der Waals surface area (Å²) in [5.41, 5.74) is 0.0471. The van der Waals surface area contributed by atoms with Crippen molar-refractivity contribution in [1.82, 2.24) is 0 Å². The normalized spacial score (nSPS) is 14.6. The first-order valence-corrected chi connectivity index (χ1v) is 6.38. The van der Waals surface area contributed by atoms with Crippen LogP contribution in [0.3, 0.4) is 0 Å². The molecule has 1 aliphatic carbocycles. The lowest BCUT2D eigenvalue weighted by Crippen LogP contribution is -2.21. The number of aliphatic hydroxyl groups excluding tert-OH is 1. The number of hydrogen-bond donors (Lipinski definition) is 3. The van der Waals surface area contributed by atoms with Crippen LogP contribution >= 0.6 is 0 Å². The number of phenols is 2. The minimum atomic E-state index is -0.982. The fourth-order valence-corrected chi connectivity index (χ4v) is 2.60. The Morgan fingerprint density at radius 3 is 2.24 bits per heavy atom. The maximum Gasteiger partial charge on any atom is 0.201 e. The van der Waals surface area contributed by atoms with Crippen molar-refractivity contribution in [2.75, 3.05) is 0 Å². The fourth-order valence-electron chi connectivity index (χ4n) is 2.60. The molecule has 3 N–H and O–H groups in total. The molecule has 0 aliphatic heterocycles. The standard InChI is InChI=1S/C16H12O5/c1-7(17)8-5-6-10-13(15(8)20)16(21)12-9(14(10)19)3-2-4-11(12)18/h2-7,17-18,20H,1H3. The Hall–Kier alpha value is -2.66. The highest BCUT2D eigenvalue weighted by atomic mass is 16.3. The zero-order valence-electron chi connectivity index (χ0n) is 11.1. The van der Waals surface area contributed by atoms with E-state index in [1.165, 1.54) is 37.3 Å². The third-order valence-corrected chi connectivity index (χ3v) is 3.65. The molecule has 5 heteroatoms. The minimum absolute atomic E-state index is 0.0694. The van der Waals surface area contributed by atoms with Gasteiger partial charge in [0, 0.05) is 16.7 Å². The first kappa shape index (κ1) is 13.3. The molecule has 2 aromatic rings. The molecular weight excluding hydrogens is 272 g/mol. The second kappa shape index (κ2) is 4.43. The van der Waals surface area contributed by atoms with Crippen LogP contribution in [0.2, 0.25) is 0 Å². The maximum atomic E-state index is 12.5. The quantitative estimate of drug-likeness (QED) is 0.634. The van der Waals surface area contributed by atoms with Gasteiger partial charge < -0.3 is 15.3 Å². The highest BCUT2D eigenvalue weighted by Gasteiger charge is 2.35. The van der Waals surface area contributed by atoms with E-state index >= 15 is 0 Å². The number of hydrogen-bond acceptors (Lipinski definition) is 5. The molecule has 0 saturated heterocycles. The molecule has 3 rings (SSSR count). The Morgan fingerprint density at radius 2 is 1.57 bits per heavy atom. The SMILES string of the molecule is CC(O)c1ccc2c(c1O)C(=O)c1c(O)cccc1C2=O. The summed E-state index contributed by atoms with van der Waals surface area (Å²) in [5.74, 6) is -1.80. The van der Waals surface area contributed by atoms with Gasteiger partial charge in [-0.25, -0.2) is 0 Å². The summed E-state index contributed by atoms with van der Waals surface area (Å²) >= 11 is 0. The van der Waals surface area contributed by atoms with Crippen LogP contribution in [0.4, 0.5) is 0 Å². The molecule has 2 aromatic carbocycles. The summed E-state index contributed by atoms with van der Waals surface area (Å²) in [5, 5.41) is 29.6. The monoisotopic (exact) mass is 284 g/mol. The van der Waals surface area contributed by atoms with Crippen LogP contribution in [0.15, 0.2) is 30.3 Å². The van der Waals surface area contributed by atoms with E-state index in [1.807, 2.05) is 0 Å². The van der Waals surface area contributed by atoms with Gasteiger partial charge in [-0.3, -0.25) is 9.59 Å². The Bertz CT molecular complexity index is 789. The lowest BCUT2D eigenvalue weighted by Gasteiger charge is -2.21. The van der Waals surface area contributed by atoms with E-state index < -0.39 is 23.4 Å². The number of fused-ring (bicyclic) bond motifs is 2. The molecule has 1 aliphatic rings. The number of aromatic hydroxyl groups is 2. The third kappa shape index (κ3) is 1.75. The van der Waals surface area contributed by atoms with Crippen molar-refractivity contribution in [2.45, 2.75) is 13.0 Å². The van der Waals surface area contributed by atoms with Gasteiger partial charge in [-0.1, -0.05) is 18.2 Å². The van der Waals surface area contributed by atoms with Crippen LogP contribution in [0.25, 0.3) is 0 Å². The van der Waals surface area contributed by atoms with Gasteiger partial charge in [0.05, 0.1) is 17.2 Å². The molecule has 0 heterocycles. The molecule has 0 bridgehead atoms. The van der Waals surface area contributed by atoms with Crippen LogP contribution < -0.4 is 0 Å². The van der Waals surface area contributed by atoms with Gasteiger partial charge in [0.15, 0.2) is 5.78 Å². The number of rotatable bonds is 1. The van der Waals surface area contributed by atoms with Crippen molar-refractivity contribution in [3.63, 3.8) is 0 Å². The van der Waals surface area contributed by atoms with Crippen molar-refractivity contribution >= 4 is 11.6 Å². The first-order chi connectivity index (χ1) is 9.93. The third-order valence-electron chi connectivity index (χ3n) is 3.65. The Balaban J connectivity index is 2.34. The van der Waals surface area contributed by atoms with Crippen molar-refractivity contribution < 1.29 is 24.9 Å². The molecule has 1 unspecified atom stereocenters. The van der Waals surface area contributed by atoms with Gasteiger partial charge in [-0.15, -0.1) is 0 Å². The molecule has 0 aromatic heterocycles. The van der Waals surface area contributed by atoms with Gasteiger partial charge >= 0.3 is 0 Å². The highest BCUT2D eigenvalue weighted by molar-refractivity contribution is 6.30. The summed E-state index contributed by atoms with van der Waals surface area (Å²) in [4.78, 5) is 24.9. The molecule has 0 amide bonds. The summed E-state index contributed by atoms with van der Waals surface area (Å²) in [6.07, 6.45) is -0.982. The van der Waals surface area contributed by atoms with Crippen LogP contribution in [-0.4, -0.2) is 26.9 Å². The smallest absolute Gasteiger partial charge is 0.201 e.